The molecule has 5 nitrogen and oxygen atoms in total. The highest BCUT2D eigenvalue weighted by Crippen LogP contribution is 2.55. The molecule has 0 amide bonds. The Morgan fingerprint density at radius 3 is 2.58 bits per heavy atom. The lowest BCUT2D eigenvalue weighted by molar-refractivity contribution is -0.168. The van der Waals surface area contributed by atoms with Crippen molar-refractivity contribution >= 4 is 21.9 Å². The number of esters is 1. The summed E-state index contributed by atoms with van der Waals surface area (Å²) in [4.78, 5) is 16.8. The zero-order chi connectivity index (χ0) is 18.8. The van der Waals surface area contributed by atoms with E-state index in [-0.39, 0.29) is 18.0 Å². The third-order valence-corrected chi connectivity index (χ3v) is 5.93. The molecular weight excluding hydrogens is 396 g/mol. The average Bonchev–Trinajstić information content (AvgIpc) is 2.92. The quantitative estimate of drug-likeness (QED) is 0.741. The Bertz CT molecular complexity index is 635. The summed E-state index contributed by atoms with van der Waals surface area (Å²) in [6.45, 7) is 7.68. The van der Waals surface area contributed by atoms with Crippen LogP contribution >= 0.6 is 15.9 Å². The van der Waals surface area contributed by atoms with Crippen LogP contribution in [0.4, 0.5) is 0 Å². The van der Waals surface area contributed by atoms with Gasteiger partial charge >= 0.3 is 5.97 Å². The molecule has 1 saturated heterocycles. The number of aromatic nitrogens is 1. The number of rotatable bonds is 4. The van der Waals surface area contributed by atoms with Gasteiger partial charge in [0.05, 0.1) is 5.69 Å². The standard InChI is InChI=1S/C20H29BrN2O3/c1-18(2,3)26-17(24)13-25-20(16-5-4-15(21)12-23-16)7-6-19(14-20)8-10-22-11-9-19/h4-5,12,22H,6-11,13-14H2,1-3H3. The Labute approximate surface area is 164 Å². The minimum atomic E-state index is -0.505. The molecule has 6 heteroatoms. The van der Waals surface area contributed by atoms with E-state index in [1.165, 1.54) is 0 Å². The number of piperidine rings is 1. The maximum absolute atomic E-state index is 12.2. The van der Waals surface area contributed by atoms with Gasteiger partial charge in [-0.05, 0) is 99.4 Å². The van der Waals surface area contributed by atoms with E-state index in [0.29, 0.717) is 0 Å². The summed E-state index contributed by atoms with van der Waals surface area (Å²) in [6.07, 6.45) is 7.04. The highest BCUT2D eigenvalue weighted by atomic mass is 79.9. The molecule has 1 aromatic rings. The van der Waals surface area contributed by atoms with Crippen LogP contribution in [0.15, 0.2) is 22.8 Å². The molecule has 2 heterocycles. The van der Waals surface area contributed by atoms with Crippen molar-refractivity contribution in [2.45, 2.75) is 64.1 Å². The summed E-state index contributed by atoms with van der Waals surface area (Å²) < 4.78 is 12.7. The summed E-state index contributed by atoms with van der Waals surface area (Å²) >= 11 is 3.45. The van der Waals surface area contributed by atoms with Gasteiger partial charge in [-0.25, -0.2) is 4.79 Å². The molecule has 0 aromatic carbocycles. The second-order valence-electron chi connectivity index (χ2n) is 8.66. The molecule has 0 radical (unpaired) electrons. The van der Waals surface area contributed by atoms with Crippen molar-refractivity contribution in [3.05, 3.63) is 28.5 Å². The van der Waals surface area contributed by atoms with Crippen LogP contribution in [-0.4, -0.2) is 36.3 Å². The minimum Gasteiger partial charge on any atom is -0.458 e. The lowest BCUT2D eigenvalue weighted by atomic mass is 9.76. The molecule has 1 unspecified atom stereocenters. The van der Waals surface area contributed by atoms with Crippen LogP contribution in [0.3, 0.4) is 0 Å². The van der Waals surface area contributed by atoms with Crippen LogP contribution in [0.2, 0.25) is 0 Å². The monoisotopic (exact) mass is 424 g/mol. The zero-order valence-electron chi connectivity index (χ0n) is 15.9. The Hall–Kier alpha value is -0.980. The fraction of sp³-hybridized carbons (Fsp3) is 0.700. The molecule has 0 bridgehead atoms. The van der Waals surface area contributed by atoms with Crippen molar-refractivity contribution < 1.29 is 14.3 Å². The molecule has 1 N–H and O–H groups in total. The molecule has 1 aliphatic carbocycles. The third kappa shape index (κ3) is 4.65. The van der Waals surface area contributed by atoms with E-state index in [4.69, 9.17) is 9.47 Å². The van der Waals surface area contributed by atoms with Gasteiger partial charge in [0, 0.05) is 10.7 Å². The minimum absolute atomic E-state index is 0.0383. The fourth-order valence-corrected chi connectivity index (χ4v) is 4.50. The number of carbonyl (C=O) groups is 1. The second-order valence-corrected chi connectivity index (χ2v) is 9.57. The van der Waals surface area contributed by atoms with Crippen LogP contribution in [0.1, 0.15) is 58.6 Å². The van der Waals surface area contributed by atoms with Gasteiger partial charge in [0.15, 0.2) is 0 Å². The van der Waals surface area contributed by atoms with Crippen molar-refractivity contribution in [3.63, 3.8) is 0 Å². The number of hydrogen-bond donors (Lipinski definition) is 1. The number of nitrogens with one attached hydrogen (secondary N) is 1. The van der Waals surface area contributed by atoms with Gasteiger partial charge in [-0.1, -0.05) is 0 Å². The number of hydrogen-bond acceptors (Lipinski definition) is 5. The maximum Gasteiger partial charge on any atom is 0.332 e. The lowest BCUT2D eigenvalue weighted by Gasteiger charge is -2.37. The van der Waals surface area contributed by atoms with E-state index in [2.05, 4.69) is 26.2 Å². The molecule has 1 atom stereocenters. The Morgan fingerprint density at radius 1 is 1.23 bits per heavy atom. The molecule has 2 fully saturated rings. The predicted octanol–water partition coefficient (Wildman–Crippen LogP) is 3.95. The number of carbonyl (C=O) groups excluding carboxylic acids is 1. The maximum atomic E-state index is 12.2. The van der Waals surface area contributed by atoms with Crippen molar-refractivity contribution in [2.24, 2.45) is 5.41 Å². The molecule has 2 aliphatic rings. The van der Waals surface area contributed by atoms with Crippen LogP contribution in [0.5, 0.6) is 0 Å². The van der Waals surface area contributed by atoms with Gasteiger partial charge < -0.3 is 14.8 Å². The summed E-state index contributed by atoms with van der Waals surface area (Å²) in [5.41, 5.74) is 0.192. The normalized spacial score (nSPS) is 25.4. The lowest BCUT2D eigenvalue weighted by Crippen LogP contribution is -2.38. The smallest absolute Gasteiger partial charge is 0.332 e. The van der Waals surface area contributed by atoms with E-state index >= 15 is 0 Å². The largest absolute Gasteiger partial charge is 0.458 e. The molecule has 1 aromatic heterocycles. The molecule has 26 heavy (non-hydrogen) atoms. The Morgan fingerprint density at radius 2 is 1.96 bits per heavy atom. The van der Waals surface area contributed by atoms with Crippen LogP contribution < -0.4 is 5.32 Å². The molecule has 1 aliphatic heterocycles. The van der Waals surface area contributed by atoms with E-state index in [9.17, 15) is 4.79 Å². The number of halogens is 1. The first-order chi connectivity index (χ1) is 12.2. The summed E-state index contributed by atoms with van der Waals surface area (Å²) in [7, 11) is 0. The second kappa shape index (κ2) is 7.56. The van der Waals surface area contributed by atoms with Crippen LogP contribution in [0.25, 0.3) is 0 Å². The fourth-order valence-electron chi connectivity index (χ4n) is 4.26. The predicted molar refractivity (Wildman–Crippen MR) is 104 cm³/mol. The molecule has 144 valence electrons. The molecule has 1 saturated carbocycles. The van der Waals surface area contributed by atoms with Crippen molar-refractivity contribution in [3.8, 4) is 0 Å². The van der Waals surface area contributed by atoms with E-state index < -0.39 is 11.2 Å². The van der Waals surface area contributed by atoms with Gasteiger partial charge in [-0.15, -0.1) is 0 Å². The highest BCUT2D eigenvalue weighted by Gasteiger charge is 2.51. The van der Waals surface area contributed by atoms with Crippen molar-refractivity contribution in [1.29, 1.82) is 0 Å². The molecule has 1 spiro atoms. The van der Waals surface area contributed by atoms with E-state index in [1.54, 1.807) is 6.20 Å². The van der Waals surface area contributed by atoms with Gasteiger partial charge in [0.2, 0.25) is 0 Å². The first-order valence-electron chi connectivity index (χ1n) is 9.41. The van der Waals surface area contributed by atoms with E-state index in [0.717, 1.165) is 55.4 Å². The SMILES string of the molecule is CC(C)(C)OC(=O)COC1(c2ccc(Br)cn2)CCC2(CCNCC2)C1. The molecular formula is C20H29BrN2O3. The highest BCUT2D eigenvalue weighted by molar-refractivity contribution is 9.10. The number of nitrogens with zero attached hydrogens (tertiary/aromatic N) is 1. The summed E-state index contributed by atoms with van der Waals surface area (Å²) in [5.74, 6) is -0.319. The zero-order valence-corrected chi connectivity index (χ0v) is 17.5. The van der Waals surface area contributed by atoms with Crippen molar-refractivity contribution in [1.82, 2.24) is 10.3 Å². The van der Waals surface area contributed by atoms with Gasteiger partial charge in [-0.3, -0.25) is 4.98 Å². The summed E-state index contributed by atoms with van der Waals surface area (Å²) in [5, 5.41) is 3.45. The number of ether oxygens (including phenoxy) is 2. The third-order valence-electron chi connectivity index (χ3n) is 5.46. The topological polar surface area (TPSA) is 60.5 Å². The first kappa shape index (κ1) is 19.8. The molecule has 3 rings (SSSR count). The van der Waals surface area contributed by atoms with Crippen LogP contribution in [0, 0.1) is 5.41 Å². The Kier molecular flexibility index (Phi) is 5.75. The van der Waals surface area contributed by atoms with E-state index in [1.807, 2.05) is 32.9 Å². The van der Waals surface area contributed by atoms with Gasteiger partial charge in [0.1, 0.15) is 17.8 Å². The summed E-state index contributed by atoms with van der Waals surface area (Å²) in [6, 6.07) is 4.01. The van der Waals surface area contributed by atoms with Crippen molar-refractivity contribution in [2.75, 3.05) is 19.7 Å². The van der Waals surface area contributed by atoms with Crippen LogP contribution in [-0.2, 0) is 19.9 Å². The van der Waals surface area contributed by atoms with Gasteiger partial charge in [0.25, 0.3) is 0 Å². The average molecular weight is 425 g/mol. The Balaban J connectivity index is 1.79. The first-order valence-corrected chi connectivity index (χ1v) is 10.2. The van der Waals surface area contributed by atoms with Gasteiger partial charge in [-0.2, -0.15) is 0 Å². The number of pyridine rings is 1.